The van der Waals surface area contributed by atoms with Crippen molar-refractivity contribution in [2.45, 2.75) is 25.8 Å². The van der Waals surface area contributed by atoms with Crippen molar-refractivity contribution in [2.24, 2.45) is 0 Å². The topological polar surface area (TPSA) is 98.4 Å². The van der Waals surface area contributed by atoms with E-state index in [1.54, 1.807) is 55.6 Å². The molecule has 0 saturated carbocycles. The molecule has 0 bridgehead atoms. The lowest BCUT2D eigenvalue weighted by atomic mass is 9.95. The van der Waals surface area contributed by atoms with Crippen LogP contribution in [-0.4, -0.2) is 37.1 Å². The SMILES string of the molecule is COc1ccc(/C(O)=C2/C(=O)C(=O)N(c3ccc4c(c3)OCCO4)C2c2ccco2)cc1C(C)C. The number of methoxy groups -OCH3 is 1. The van der Waals surface area contributed by atoms with Crippen LogP contribution in [0.1, 0.15) is 42.7 Å². The van der Waals surface area contributed by atoms with Crippen LogP contribution in [0.2, 0.25) is 0 Å². The monoisotopic (exact) mass is 475 g/mol. The number of aliphatic hydroxyl groups is 1. The van der Waals surface area contributed by atoms with Gasteiger partial charge in [0.25, 0.3) is 11.7 Å². The molecule has 1 N–H and O–H groups in total. The van der Waals surface area contributed by atoms with Crippen LogP contribution >= 0.6 is 0 Å². The van der Waals surface area contributed by atoms with E-state index in [4.69, 9.17) is 18.6 Å². The van der Waals surface area contributed by atoms with E-state index < -0.39 is 17.7 Å². The number of rotatable bonds is 5. The van der Waals surface area contributed by atoms with Crippen molar-refractivity contribution in [3.05, 3.63) is 77.3 Å². The van der Waals surface area contributed by atoms with E-state index in [0.29, 0.717) is 47.5 Å². The number of carbonyl (C=O) groups is 2. The van der Waals surface area contributed by atoms with Crippen molar-refractivity contribution < 1.29 is 33.3 Å². The number of hydrogen-bond acceptors (Lipinski definition) is 7. The van der Waals surface area contributed by atoms with Crippen LogP contribution in [-0.2, 0) is 9.59 Å². The van der Waals surface area contributed by atoms with Crippen LogP contribution in [0.15, 0.2) is 64.8 Å². The highest BCUT2D eigenvalue weighted by Gasteiger charge is 2.48. The van der Waals surface area contributed by atoms with Gasteiger partial charge in [-0.3, -0.25) is 14.5 Å². The molecule has 0 spiro atoms. The summed E-state index contributed by atoms with van der Waals surface area (Å²) in [5.74, 6) is 0.307. The summed E-state index contributed by atoms with van der Waals surface area (Å²) >= 11 is 0. The van der Waals surface area contributed by atoms with Crippen LogP contribution < -0.4 is 19.1 Å². The normalized spacial score (nSPS) is 18.9. The number of furan rings is 1. The van der Waals surface area contributed by atoms with E-state index in [-0.39, 0.29) is 17.3 Å². The summed E-state index contributed by atoms with van der Waals surface area (Å²) in [7, 11) is 1.58. The minimum absolute atomic E-state index is 0.0558. The summed E-state index contributed by atoms with van der Waals surface area (Å²) < 4.78 is 22.3. The van der Waals surface area contributed by atoms with Crippen molar-refractivity contribution >= 4 is 23.1 Å². The predicted molar refractivity (Wildman–Crippen MR) is 128 cm³/mol. The Bertz CT molecular complexity index is 1320. The Morgan fingerprint density at radius 1 is 1.06 bits per heavy atom. The number of nitrogens with zero attached hydrogens (tertiary/aromatic N) is 1. The molecule has 1 amide bonds. The van der Waals surface area contributed by atoms with E-state index >= 15 is 0 Å². The Morgan fingerprint density at radius 2 is 1.83 bits per heavy atom. The first-order valence-electron chi connectivity index (χ1n) is 11.3. The molecule has 0 aliphatic carbocycles. The molecule has 8 nitrogen and oxygen atoms in total. The Hall–Kier alpha value is -4.20. The van der Waals surface area contributed by atoms with Gasteiger partial charge in [-0.2, -0.15) is 0 Å². The molecule has 8 heteroatoms. The van der Waals surface area contributed by atoms with E-state index in [1.807, 2.05) is 13.8 Å². The van der Waals surface area contributed by atoms with Gasteiger partial charge in [0.15, 0.2) is 11.5 Å². The van der Waals surface area contributed by atoms with Gasteiger partial charge in [-0.05, 0) is 53.9 Å². The lowest BCUT2D eigenvalue weighted by molar-refractivity contribution is -0.132. The maximum atomic E-state index is 13.3. The van der Waals surface area contributed by atoms with Gasteiger partial charge >= 0.3 is 0 Å². The molecule has 1 unspecified atom stereocenters. The summed E-state index contributed by atoms with van der Waals surface area (Å²) in [5, 5.41) is 11.4. The Kier molecular flexibility index (Phi) is 5.72. The molecule has 1 saturated heterocycles. The van der Waals surface area contributed by atoms with Crippen LogP contribution in [0, 0.1) is 0 Å². The molecule has 3 aromatic rings. The Balaban J connectivity index is 1.66. The largest absolute Gasteiger partial charge is 0.507 e. The molecule has 1 fully saturated rings. The second-order valence-corrected chi connectivity index (χ2v) is 8.62. The molecular weight excluding hydrogens is 450 g/mol. The highest BCUT2D eigenvalue weighted by molar-refractivity contribution is 6.51. The van der Waals surface area contributed by atoms with Crippen molar-refractivity contribution in [3.63, 3.8) is 0 Å². The standard InChI is InChI=1S/C27H25NO7/c1-15(2)18-13-16(6-8-19(18)32-3)25(29)23-24(21-5-4-10-33-21)28(27(31)26(23)30)17-7-9-20-22(14-17)35-12-11-34-20/h4-10,13-15,24,29H,11-12H2,1-3H3/b25-23-. The second kappa shape index (κ2) is 8.87. The van der Waals surface area contributed by atoms with E-state index in [1.165, 1.54) is 11.2 Å². The summed E-state index contributed by atoms with van der Waals surface area (Å²) in [5.41, 5.74) is 1.65. The molecular formula is C27H25NO7. The minimum atomic E-state index is -0.961. The van der Waals surface area contributed by atoms with Crippen LogP contribution in [0.4, 0.5) is 5.69 Å². The van der Waals surface area contributed by atoms with Gasteiger partial charge in [-0.1, -0.05) is 13.8 Å². The third kappa shape index (κ3) is 3.80. The van der Waals surface area contributed by atoms with Crippen LogP contribution in [0.25, 0.3) is 5.76 Å². The molecule has 0 radical (unpaired) electrons. The predicted octanol–water partition coefficient (Wildman–Crippen LogP) is 4.81. The van der Waals surface area contributed by atoms with Crippen molar-refractivity contribution in [3.8, 4) is 17.2 Å². The first-order valence-corrected chi connectivity index (χ1v) is 11.3. The fraction of sp³-hybridized carbons (Fsp3) is 0.259. The molecule has 180 valence electrons. The number of carbonyl (C=O) groups excluding carboxylic acids is 2. The zero-order valence-corrected chi connectivity index (χ0v) is 19.6. The maximum absolute atomic E-state index is 13.3. The number of aliphatic hydroxyl groups excluding tert-OH is 1. The first-order chi connectivity index (χ1) is 16.9. The van der Waals surface area contributed by atoms with Gasteiger partial charge in [-0.25, -0.2) is 0 Å². The summed E-state index contributed by atoms with van der Waals surface area (Å²) in [6.45, 7) is 4.83. The number of benzene rings is 2. The summed E-state index contributed by atoms with van der Waals surface area (Å²) in [6, 6.07) is 12.6. The highest BCUT2D eigenvalue weighted by Crippen LogP contribution is 2.45. The van der Waals surface area contributed by atoms with Gasteiger partial charge in [0, 0.05) is 17.3 Å². The quantitative estimate of drug-likeness (QED) is 0.321. The molecule has 2 aliphatic rings. The lowest BCUT2D eigenvalue weighted by Crippen LogP contribution is -2.29. The Labute approximate surface area is 202 Å². The fourth-order valence-corrected chi connectivity index (χ4v) is 4.49. The third-order valence-corrected chi connectivity index (χ3v) is 6.19. The van der Waals surface area contributed by atoms with E-state index in [2.05, 4.69) is 0 Å². The summed E-state index contributed by atoms with van der Waals surface area (Å²) in [4.78, 5) is 27.9. The van der Waals surface area contributed by atoms with E-state index in [0.717, 1.165) is 5.56 Å². The van der Waals surface area contributed by atoms with Gasteiger partial charge in [0.2, 0.25) is 0 Å². The van der Waals surface area contributed by atoms with Gasteiger partial charge in [0.05, 0.1) is 18.9 Å². The number of fused-ring (bicyclic) bond motifs is 1. The molecule has 35 heavy (non-hydrogen) atoms. The average molecular weight is 475 g/mol. The minimum Gasteiger partial charge on any atom is -0.507 e. The van der Waals surface area contributed by atoms with Gasteiger partial charge in [0.1, 0.15) is 36.5 Å². The number of ether oxygens (including phenoxy) is 3. The van der Waals surface area contributed by atoms with Crippen molar-refractivity contribution in [1.29, 1.82) is 0 Å². The number of ketones is 1. The van der Waals surface area contributed by atoms with Crippen LogP contribution in [0.3, 0.4) is 0 Å². The van der Waals surface area contributed by atoms with Crippen LogP contribution in [0.5, 0.6) is 17.2 Å². The zero-order chi connectivity index (χ0) is 24.7. The number of amides is 1. The maximum Gasteiger partial charge on any atom is 0.300 e. The van der Waals surface area contributed by atoms with Gasteiger partial charge in [-0.15, -0.1) is 0 Å². The van der Waals surface area contributed by atoms with Gasteiger partial charge < -0.3 is 23.7 Å². The molecule has 1 atom stereocenters. The van der Waals surface area contributed by atoms with Crippen molar-refractivity contribution in [1.82, 2.24) is 0 Å². The summed E-state index contributed by atoms with van der Waals surface area (Å²) in [6.07, 6.45) is 1.46. The smallest absolute Gasteiger partial charge is 0.300 e. The zero-order valence-electron chi connectivity index (χ0n) is 19.6. The molecule has 1 aromatic heterocycles. The molecule has 2 aromatic carbocycles. The first kappa shape index (κ1) is 22.6. The lowest BCUT2D eigenvalue weighted by Gasteiger charge is -2.25. The Morgan fingerprint density at radius 3 is 2.51 bits per heavy atom. The third-order valence-electron chi connectivity index (χ3n) is 6.19. The molecule has 3 heterocycles. The van der Waals surface area contributed by atoms with Crippen molar-refractivity contribution in [2.75, 3.05) is 25.2 Å². The molecule has 2 aliphatic heterocycles. The molecule has 5 rings (SSSR count). The number of hydrogen-bond donors (Lipinski definition) is 1. The number of Topliss-reactive ketones (excluding diaryl/α,β-unsaturated/α-hetero) is 1. The highest BCUT2D eigenvalue weighted by atomic mass is 16.6. The van der Waals surface area contributed by atoms with E-state index in [9.17, 15) is 14.7 Å². The second-order valence-electron chi connectivity index (χ2n) is 8.62. The fourth-order valence-electron chi connectivity index (χ4n) is 4.49. The number of anilines is 1. The average Bonchev–Trinajstić information content (AvgIpc) is 3.49.